The Balaban J connectivity index is 0.000000401. The lowest BCUT2D eigenvalue weighted by atomic mass is 10.1. The fourth-order valence-electron chi connectivity index (χ4n) is 4.86. The van der Waals surface area contributed by atoms with E-state index in [1.165, 1.54) is 31.2 Å². The van der Waals surface area contributed by atoms with Gasteiger partial charge in [0.15, 0.2) is 0 Å². The number of rotatable bonds is 16. The van der Waals surface area contributed by atoms with Gasteiger partial charge in [-0.1, -0.05) is 69.2 Å². The second-order valence-corrected chi connectivity index (χ2v) is 12.1. The summed E-state index contributed by atoms with van der Waals surface area (Å²) >= 11 is 0. The number of alkyl halides is 6. The summed E-state index contributed by atoms with van der Waals surface area (Å²) in [4.78, 5) is 62.8. The molecule has 3 amide bonds. The van der Waals surface area contributed by atoms with Gasteiger partial charge >= 0.3 is 18.3 Å². The standard InChI is InChI=1S/C23H26F3N3O3.C14H16F3NO3/c1-3-5-19(22(32)29-20-11-10-16(14-27-20)9-8-15(2)30)28-21(31)13-17-6-4-7-18(12-17)23(24,25)26;1-2-4-11(13(20)21)18-12(19)8-9-5-3-6-10(7-9)14(15,16)17/h4,6-7,10-12,14,19H,3,5,8-9,13H2,1-2H3,(H,28,31)(H,27,29,32);3,5-7,11H,2,4,8H2,1H3,(H,18,19)(H,20,21). The highest BCUT2D eigenvalue weighted by Gasteiger charge is 2.31. The quantitative estimate of drug-likeness (QED) is 0.119. The van der Waals surface area contributed by atoms with Crippen LogP contribution in [0.15, 0.2) is 66.9 Å². The molecule has 288 valence electrons. The Labute approximate surface area is 302 Å². The highest BCUT2D eigenvalue weighted by atomic mass is 19.4. The number of carbonyl (C=O) groups excluding carboxylic acids is 4. The zero-order chi connectivity index (χ0) is 39.8. The highest BCUT2D eigenvalue weighted by Crippen LogP contribution is 2.30. The summed E-state index contributed by atoms with van der Waals surface area (Å²) in [6, 6.07) is 10.4. The molecule has 0 spiro atoms. The number of benzene rings is 2. The largest absolute Gasteiger partial charge is 0.480 e. The molecule has 1 aromatic heterocycles. The third-order valence-electron chi connectivity index (χ3n) is 7.52. The summed E-state index contributed by atoms with van der Waals surface area (Å²) in [6.45, 7) is 5.13. The number of carbonyl (C=O) groups is 5. The first kappa shape index (κ1) is 43.9. The van der Waals surface area contributed by atoms with Gasteiger partial charge in [0.2, 0.25) is 17.7 Å². The molecular weight excluding hydrogens is 710 g/mol. The monoisotopic (exact) mass is 752 g/mol. The van der Waals surface area contributed by atoms with E-state index in [4.69, 9.17) is 5.11 Å². The highest BCUT2D eigenvalue weighted by molar-refractivity contribution is 5.96. The number of anilines is 1. The number of nitrogens with zero attached hydrogens (tertiary/aromatic N) is 1. The maximum atomic E-state index is 12.9. The van der Waals surface area contributed by atoms with Gasteiger partial charge in [-0.25, -0.2) is 9.78 Å². The van der Waals surface area contributed by atoms with Crippen molar-refractivity contribution in [2.24, 2.45) is 0 Å². The Morgan fingerprint density at radius 2 is 1.21 bits per heavy atom. The van der Waals surface area contributed by atoms with E-state index in [0.717, 1.165) is 29.8 Å². The summed E-state index contributed by atoms with van der Waals surface area (Å²) in [7, 11) is 0. The molecule has 1 heterocycles. The number of aryl methyl sites for hydroxylation is 1. The molecule has 2 unspecified atom stereocenters. The minimum Gasteiger partial charge on any atom is -0.480 e. The van der Waals surface area contributed by atoms with Gasteiger partial charge in [-0.15, -0.1) is 0 Å². The number of hydrogen-bond acceptors (Lipinski definition) is 6. The van der Waals surface area contributed by atoms with Crippen molar-refractivity contribution in [1.29, 1.82) is 0 Å². The third kappa shape index (κ3) is 16.3. The van der Waals surface area contributed by atoms with E-state index in [1.807, 2.05) is 6.92 Å². The van der Waals surface area contributed by atoms with Crippen LogP contribution in [0.2, 0.25) is 0 Å². The van der Waals surface area contributed by atoms with Crippen molar-refractivity contribution < 1.29 is 55.4 Å². The smallest absolute Gasteiger partial charge is 0.416 e. The van der Waals surface area contributed by atoms with Crippen LogP contribution in [0.1, 0.15) is 80.7 Å². The summed E-state index contributed by atoms with van der Waals surface area (Å²) < 4.78 is 76.2. The van der Waals surface area contributed by atoms with Crippen molar-refractivity contribution in [3.63, 3.8) is 0 Å². The van der Waals surface area contributed by atoms with Gasteiger partial charge < -0.3 is 25.9 Å². The van der Waals surface area contributed by atoms with E-state index in [0.29, 0.717) is 37.9 Å². The summed E-state index contributed by atoms with van der Waals surface area (Å²) in [5.74, 6) is -2.41. The number of nitrogens with one attached hydrogen (secondary N) is 3. The first-order valence-corrected chi connectivity index (χ1v) is 16.7. The first-order valence-electron chi connectivity index (χ1n) is 16.7. The van der Waals surface area contributed by atoms with Gasteiger partial charge in [0.1, 0.15) is 23.7 Å². The molecule has 10 nitrogen and oxygen atoms in total. The van der Waals surface area contributed by atoms with Gasteiger partial charge in [0.25, 0.3) is 0 Å². The number of carboxylic acids is 1. The Hall–Kier alpha value is -5.28. The number of pyridine rings is 1. The number of aliphatic carboxylic acids is 1. The minimum absolute atomic E-state index is 0.0747. The molecule has 0 bridgehead atoms. The number of carboxylic acid groups (broad SMARTS) is 1. The molecule has 0 radical (unpaired) electrons. The molecule has 2 atom stereocenters. The van der Waals surface area contributed by atoms with Crippen LogP contribution in [-0.2, 0) is 55.6 Å². The van der Waals surface area contributed by atoms with Crippen LogP contribution in [0.25, 0.3) is 0 Å². The molecule has 0 saturated carbocycles. The SMILES string of the molecule is CCCC(NC(=O)Cc1cccc(C(F)(F)F)c1)C(=O)Nc1ccc(CCC(C)=O)cn1.CCCC(NC(=O)Cc1cccc(C(F)(F)F)c1)C(=O)O. The summed E-state index contributed by atoms with van der Waals surface area (Å²) in [5, 5.41) is 16.4. The fourth-order valence-corrected chi connectivity index (χ4v) is 4.86. The Bertz CT molecular complexity index is 1700. The molecule has 0 saturated heterocycles. The Kier molecular flexibility index (Phi) is 17.1. The first-order chi connectivity index (χ1) is 24.8. The van der Waals surface area contributed by atoms with Gasteiger partial charge in [0.05, 0.1) is 24.0 Å². The second kappa shape index (κ2) is 20.7. The minimum atomic E-state index is -4.49. The average Bonchev–Trinajstić information content (AvgIpc) is 3.07. The van der Waals surface area contributed by atoms with Crippen molar-refractivity contribution in [3.05, 3.63) is 94.7 Å². The van der Waals surface area contributed by atoms with Crippen LogP contribution in [-0.4, -0.2) is 51.6 Å². The Morgan fingerprint density at radius 3 is 1.62 bits per heavy atom. The molecule has 2 aromatic carbocycles. The predicted molar refractivity (Wildman–Crippen MR) is 183 cm³/mol. The number of aromatic nitrogens is 1. The van der Waals surface area contributed by atoms with Crippen LogP contribution in [0.4, 0.5) is 32.2 Å². The van der Waals surface area contributed by atoms with Crippen LogP contribution < -0.4 is 16.0 Å². The maximum Gasteiger partial charge on any atom is 0.416 e. The van der Waals surface area contributed by atoms with Crippen molar-refractivity contribution in [1.82, 2.24) is 15.6 Å². The average molecular weight is 753 g/mol. The lowest BCUT2D eigenvalue weighted by Crippen LogP contribution is -2.44. The van der Waals surface area contributed by atoms with E-state index in [9.17, 15) is 50.3 Å². The normalized spacial score (nSPS) is 12.4. The van der Waals surface area contributed by atoms with E-state index in [2.05, 4.69) is 20.9 Å². The fraction of sp³-hybridized carbons (Fsp3) is 0.405. The van der Waals surface area contributed by atoms with E-state index < -0.39 is 59.3 Å². The van der Waals surface area contributed by atoms with Crippen molar-refractivity contribution in [2.45, 2.75) is 96.6 Å². The zero-order valence-corrected chi connectivity index (χ0v) is 29.4. The van der Waals surface area contributed by atoms with Crippen LogP contribution >= 0.6 is 0 Å². The number of Topliss-reactive ketones (excluding diaryl/α,β-unsaturated/α-hetero) is 1. The Morgan fingerprint density at radius 1 is 0.717 bits per heavy atom. The van der Waals surface area contributed by atoms with Crippen molar-refractivity contribution >= 4 is 35.3 Å². The van der Waals surface area contributed by atoms with E-state index >= 15 is 0 Å². The lowest BCUT2D eigenvalue weighted by molar-refractivity contribution is -0.142. The van der Waals surface area contributed by atoms with E-state index in [1.54, 1.807) is 25.3 Å². The predicted octanol–water partition coefficient (Wildman–Crippen LogP) is 6.71. The number of amides is 3. The summed E-state index contributed by atoms with van der Waals surface area (Å²) in [6.07, 6.45) is -5.20. The van der Waals surface area contributed by atoms with Gasteiger partial charge in [0, 0.05) is 12.6 Å². The van der Waals surface area contributed by atoms with E-state index in [-0.39, 0.29) is 36.2 Å². The van der Waals surface area contributed by atoms with Gasteiger partial charge in [-0.2, -0.15) is 26.3 Å². The van der Waals surface area contributed by atoms with Gasteiger partial charge in [-0.05, 0) is 61.1 Å². The molecule has 16 heteroatoms. The molecule has 0 aliphatic carbocycles. The molecular formula is C37H42F6N4O6. The number of ketones is 1. The molecule has 4 N–H and O–H groups in total. The number of hydrogen-bond donors (Lipinski definition) is 4. The topological polar surface area (TPSA) is 155 Å². The van der Waals surface area contributed by atoms with Crippen molar-refractivity contribution in [3.8, 4) is 0 Å². The lowest BCUT2D eigenvalue weighted by Gasteiger charge is -2.18. The van der Waals surface area contributed by atoms with Crippen LogP contribution in [0.3, 0.4) is 0 Å². The van der Waals surface area contributed by atoms with Crippen LogP contribution in [0.5, 0.6) is 0 Å². The molecule has 0 aliphatic rings. The third-order valence-corrected chi connectivity index (χ3v) is 7.52. The molecule has 0 aliphatic heterocycles. The molecule has 53 heavy (non-hydrogen) atoms. The molecule has 3 rings (SSSR count). The second-order valence-electron chi connectivity index (χ2n) is 12.1. The molecule has 0 fully saturated rings. The summed E-state index contributed by atoms with van der Waals surface area (Å²) in [5.41, 5.74) is -0.420. The van der Waals surface area contributed by atoms with Gasteiger partial charge in [-0.3, -0.25) is 14.4 Å². The molecule has 3 aromatic rings. The van der Waals surface area contributed by atoms with Crippen LogP contribution in [0, 0.1) is 0 Å². The van der Waals surface area contributed by atoms with Crippen molar-refractivity contribution in [2.75, 3.05) is 5.32 Å². The zero-order valence-electron chi connectivity index (χ0n) is 29.4. The number of halogens is 6. The maximum absolute atomic E-state index is 12.9.